The first-order valence-corrected chi connectivity index (χ1v) is 10.9. The fraction of sp³-hybridized carbons (Fsp3) is 0.280. The molecule has 31 heavy (non-hydrogen) atoms. The molecule has 3 aromatic carbocycles. The molecule has 2 atom stereocenters. The highest BCUT2D eigenvalue weighted by Crippen LogP contribution is 2.36. The van der Waals surface area contributed by atoms with Crippen LogP contribution in [-0.4, -0.2) is 40.2 Å². The van der Waals surface area contributed by atoms with E-state index in [1.165, 1.54) is 12.8 Å². The maximum absolute atomic E-state index is 10.3. The predicted molar refractivity (Wildman–Crippen MR) is 124 cm³/mol. The van der Waals surface area contributed by atoms with Crippen molar-refractivity contribution in [3.63, 3.8) is 0 Å². The van der Waals surface area contributed by atoms with E-state index in [0.717, 1.165) is 51.7 Å². The van der Waals surface area contributed by atoms with Crippen LogP contribution in [0.15, 0.2) is 54.6 Å². The van der Waals surface area contributed by atoms with E-state index in [-0.39, 0.29) is 5.75 Å². The Morgan fingerprint density at radius 2 is 1.77 bits per heavy atom. The Morgan fingerprint density at radius 1 is 0.968 bits per heavy atom. The van der Waals surface area contributed by atoms with E-state index in [9.17, 15) is 5.11 Å². The topological polar surface area (TPSA) is 87.3 Å². The number of rotatable bonds is 3. The van der Waals surface area contributed by atoms with Crippen molar-refractivity contribution in [2.75, 3.05) is 18.0 Å². The summed E-state index contributed by atoms with van der Waals surface area (Å²) in [6.07, 6.45) is 2.45. The van der Waals surface area contributed by atoms with Gasteiger partial charge in [-0.05, 0) is 59.0 Å². The Kier molecular flexibility index (Phi) is 4.30. The van der Waals surface area contributed by atoms with Gasteiger partial charge in [-0.25, -0.2) is 9.97 Å². The van der Waals surface area contributed by atoms with Gasteiger partial charge in [0.05, 0.1) is 12.1 Å². The van der Waals surface area contributed by atoms with E-state index in [0.29, 0.717) is 24.5 Å². The molecule has 0 radical (unpaired) electrons. The SMILES string of the molecule is NCc1nc(N2CC3CCC(C2)N3)c2ccc(-c3cc(O)cc4ccccc34)cc2n1. The van der Waals surface area contributed by atoms with E-state index < -0.39 is 0 Å². The minimum Gasteiger partial charge on any atom is -0.508 e. The summed E-state index contributed by atoms with van der Waals surface area (Å²) < 4.78 is 0. The first-order chi connectivity index (χ1) is 15.2. The van der Waals surface area contributed by atoms with Crippen molar-refractivity contribution < 1.29 is 5.11 Å². The lowest BCUT2D eigenvalue weighted by Gasteiger charge is -2.34. The lowest BCUT2D eigenvalue weighted by atomic mass is 9.97. The van der Waals surface area contributed by atoms with Gasteiger partial charge in [-0.3, -0.25) is 0 Å². The molecule has 1 aromatic heterocycles. The number of nitrogens with one attached hydrogen (secondary N) is 1. The van der Waals surface area contributed by atoms with Crippen LogP contribution in [0.1, 0.15) is 18.7 Å². The van der Waals surface area contributed by atoms with E-state index >= 15 is 0 Å². The number of aromatic hydroxyl groups is 1. The molecule has 0 spiro atoms. The summed E-state index contributed by atoms with van der Waals surface area (Å²) in [5.41, 5.74) is 8.86. The number of fused-ring (bicyclic) bond motifs is 4. The molecular formula is C25H25N5O. The van der Waals surface area contributed by atoms with Crippen LogP contribution in [0.2, 0.25) is 0 Å². The second-order valence-corrected chi connectivity index (χ2v) is 8.66. The maximum Gasteiger partial charge on any atom is 0.144 e. The predicted octanol–water partition coefficient (Wildman–Crippen LogP) is 3.55. The second kappa shape index (κ2) is 7.18. The Labute approximate surface area is 180 Å². The van der Waals surface area contributed by atoms with E-state index in [2.05, 4.69) is 34.5 Å². The number of phenolic OH excluding ortho intramolecular Hbond substituents is 1. The van der Waals surface area contributed by atoms with Crippen LogP contribution >= 0.6 is 0 Å². The van der Waals surface area contributed by atoms with Gasteiger partial charge in [0.2, 0.25) is 0 Å². The second-order valence-electron chi connectivity index (χ2n) is 8.66. The fourth-order valence-corrected chi connectivity index (χ4v) is 5.16. The van der Waals surface area contributed by atoms with Crippen LogP contribution in [0.25, 0.3) is 32.8 Å². The summed E-state index contributed by atoms with van der Waals surface area (Å²) in [5, 5.41) is 17.1. The summed E-state index contributed by atoms with van der Waals surface area (Å²) >= 11 is 0. The molecule has 3 heterocycles. The molecule has 4 aromatic rings. The molecule has 6 nitrogen and oxygen atoms in total. The molecule has 0 amide bonds. The zero-order valence-corrected chi connectivity index (χ0v) is 17.3. The largest absolute Gasteiger partial charge is 0.508 e. The summed E-state index contributed by atoms with van der Waals surface area (Å²) in [7, 11) is 0. The molecule has 6 heteroatoms. The molecule has 0 aliphatic carbocycles. The molecule has 2 bridgehead atoms. The first kappa shape index (κ1) is 18.5. The summed E-state index contributed by atoms with van der Waals surface area (Å²) in [6.45, 7) is 2.23. The Balaban J connectivity index is 1.51. The number of phenols is 1. The zero-order chi connectivity index (χ0) is 20.9. The van der Waals surface area contributed by atoms with E-state index in [1.807, 2.05) is 24.3 Å². The van der Waals surface area contributed by atoms with Gasteiger partial charge >= 0.3 is 0 Å². The highest BCUT2D eigenvalue weighted by molar-refractivity contribution is 6.00. The van der Waals surface area contributed by atoms with Crippen molar-refractivity contribution in [2.24, 2.45) is 5.73 Å². The molecule has 6 rings (SSSR count). The molecule has 2 aliphatic heterocycles. The normalized spacial score (nSPS) is 20.6. The fourth-order valence-electron chi connectivity index (χ4n) is 5.16. The lowest BCUT2D eigenvalue weighted by Crippen LogP contribution is -2.51. The average Bonchev–Trinajstić information content (AvgIpc) is 3.14. The number of anilines is 1. The van der Waals surface area contributed by atoms with Crippen LogP contribution in [0.4, 0.5) is 5.82 Å². The first-order valence-electron chi connectivity index (χ1n) is 10.9. The zero-order valence-electron chi connectivity index (χ0n) is 17.3. The van der Waals surface area contributed by atoms with Gasteiger partial charge in [0.15, 0.2) is 0 Å². The van der Waals surface area contributed by atoms with Crippen molar-refractivity contribution in [3.8, 4) is 16.9 Å². The van der Waals surface area contributed by atoms with Crippen LogP contribution < -0.4 is 16.0 Å². The molecule has 2 aliphatic rings. The molecule has 2 saturated heterocycles. The highest BCUT2D eigenvalue weighted by Gasteiger charge is 2.33. The average molecular weight is 412 g/mol. The van der Waals surface area contributed by atoms with Crippen molar-refractivity contribution in [1.82, 2.24) is 15.3 Å². The number of nitrogens with two attached hydrogens (primary N) is 1. The van der Waals surface area contributed by atoms with Crippen molar-refractivity contribution in [1.29, 1.82) is 0 Å². The molecular weight excluding hydrogens is 386 g/mol. The smallest absolute Gasteiger partial charge is 0.144 e. The Morgan fingerprint density at radius 3 is 2.58 bits per heavy atom. The summed E-state index contributed by atoms with van der Waals surface area (Å²) in [6, 6.07) is 19.1. The molecule has 0 saturated carbocycles. The third-order valence-corrected chi connectivity index (χ3v) is 6.58. The number of piperazine rings is 1. The number of benzene rings is 3. The van der Waals surface area contributed by atoms with Crippen LogP contribution in [0.5, 0.6) is 5.75 Å². The van der Waals surface area contributed by atoms with Gasteiger partial charge in [-0.1, -0.05) is 30.3 Å². The third-order valence-electron chi connectivity index (χ3n) is 6.58. The van der Waals surface area contributed by atoms with Gasteiger partial charge in [-0.2, -0.15) is 0 Å². The van der Waals surface area contributed by atoms with E-state index in [1.54, 1.807) is 6.07 Å². The lowest BCUT2D eigenvalue weighted by molar-refractivity contribution is 0.464. The molecule has 4 N–H and O–H groups in total. The van der Waals surface area contributed by atoms with Gasteiger partial charge in [-0.15, -0.1) is 0 Å². The van der Waals surface area contributed by atoms with Crippen LogP contribution in [0.3, 0.4) is 0 Å². The van der Waals surface area contributed by atoms with Crippen molar-refractivity contribution >= 4 is 27.5 Å². The Bertz CT molecular complexity index is 1290. The third kappa shape index (κ3) is 3.19. The van der Waals surface area contributed by atoms with Crippen LogP contribution in [-0.2, 0) is 6.54 Å². The minimum atomic E-state index is 0.260. The van der Waals surface area contributed by atoms with Crippen molar-refractivity contribution in [2.45, 2.75) is 31.5 Å². The monoisotopic (exact) mass is 411 g/mol. The van der Waals surface area contributed by atoms with Gasteiger partial charge < -0.3 is 21.1 Å². The van der Waals surface area contributed by atoms with Crippen LogP contribution in [0, 0.1) is 0 Å². The van der Waals surface area contributed by atoms with Gasteiger partial charge in [0.1, 0.15) is 17.4 Å². The molecule has 2 unspecified atom stereocenters. The maximum atomic E-state index is 10.3. The highest BCUT2D eigenvalue weighted by atomic mass is 16.3. The van der Waals surface area contributed by atoms with E-state index in [4.69, 9.17) is 15.7 Å². The van der Waals surface area contributed by atoms with Crippen molar-refractivity contribution in [3.05, 3.63) is 60.4 Å². The number of nitrogens with zero attached hydrogens (tertiary/aromatic N) is 3. The minimum absolute atomic E-state index is 0.260. The summed E-state index contributed by atoms with van der Waals surface area (Å²) in [4.78, 5) is 12.0. The Hall–Kier alpha value is -3.22. The molecule has 156 valence electrons. The number of hydrogen-bond acceptors (Lipinski definition) is 6. The quantitative estimate of drug-likeness (QED) is 0.478. The number of hydrogen-bond donors (Lipinski definition) is 3. The van der Waals surface area contributed by atoms with Gasteiger partial charge in [0.25, 0.3) is 0 Å². The van der Waals surface area contributed by atoms with Gasteiger partial charge in [0, 0.05) is 30.6 Å². The standard InChI is InChI=1S/C25H25N5O/c26-12-24-28-23-10-16(22-11-19(31)9-15-3-1-2-4-20(15)22)5-8-21(23)25(29-24)30-13-17-6-7-18(14-30)27-17/h1-5,8-11,17-18,27,31H,6-7,12-14,26H2. The summed E-state index contributed by atoms with van der Waals surface area (Å²) in [5.74, 6) is 1.90. The number of aromatic nitrogens is 2. The molecule has 2 fully saturated rings.